The number of aliphatic hydroxyl groups is 1. The summed E-state index contributed by atoms with van der Waals surface area (Å²) in [5.41, 5.74) is 0. The average molecular weight is 971 g/mol. The number of nitrogens with one attached hydrogen (secondary N) is 1. The average Bonchev–Trinajstić information content (AvgIpc) is 3.29. The molecular weight excluding hydrogens is 852 g/mol. The summed E-state index contributed by atoms with van der Waals surface area (Å²) in [6.07, 6.45) is 62.6. The fourth-order valence-corrected chi connectivity index (χ4v) is 9.84. The molecule has 0 heterocycles. The maximum atomic E-state index is 12.8. The number of carbonyl (C=O) groups excluding carboxylic acids is 1. The Bertz CT molecular complexity index is 1100. The number of likely N-dealkylation sites (N-methyl/N-ethyl adjacent to an activating group) is 1. The van der Waals surface area contributed by atoms with E-state index in [1.807, 2.05) is 27.2 Å². The van der Waals surface area contributed by atoms with E-state index < -0.39 is 20.0 Å². The highest BCUT2D eigenvalue weighted by atomic mass is 31.2. The van der Waals surface area contributed by atoms with Gasteiger partial charge in [0.05, 0.1) is 39.9 Å². The molecule has 3 unspecified atom stereocenters. The molecule has 1 amide bonds. The van der Waals surface area contributed by atoms with Crippen LogP contribution >= 0.6 is 7.82 Å². The van der Waals surface area contributed by atoms with Gasteiger partial charge in [-0.15, -0.1) is 0 Å². The molecule has 3 atom stereocenters. The predicted molar refractivity (Wildman–Crippen MR) is 291 cm³/mol. The van der Waals surface area contributed by atoms with Gasteiger partial charge in [-0.25, -0.2) is 4.57 Å². The summed E-state index contributed by atoms with van der Waals surface area (Å²) in [5.74, 6) is -0.177. The van der Waals surface area contributed by atoms with Crippen molar-refractivity contribution in [2.45, 2.75) is 315 Å². The van der Waals surface area contributed by atoms with Gasteiger partial charge in [-0.05, 0) is 19.3 Å². The lowest BCUT2D eigenvalue weighted by atomic mass is 10.0. The minimum Gasteiger partial charge on any atom is -0.387 e. The Kier molecular flexibility index (Phi) is 49.6. The Morgan fingerprint density at radius 3 is 1.10 bits per heavy atom. The highest BCUT2D eigenvalue weighted by molar-refractivity contribution is 7.47. The van der Waals surface area contributed by atoms with Gasteiger partial charge >= 0.3 is 7.82 Å². The van der Waals surface area contributed by atoms with Gasteiger partial charge in [0, 0.05) is 6.42 Å². The van der Waals surface area contributed by atoms with Crippen LogP contribution in [-0.2, 0) is 18.4 Å². The van der Waals surface area contributed by atoms with Gasteiger partial charge < -0.3 is 19.8 Å². The number of rotatable bonds is 55. The zero-order valence-corrected chi connectivity index (χ0v) is 46.6. The van der Waals surface area contributed by atoms with Gasteiger partial charge in [-0.2, -0.15) is 0 Å². The Hall–Kier alpha value is -0.760. The van der Waals surface area contributed by atoms with E-state index in [4.69, 9.17) is 9.05 Å². The highest BCUT2D eigenvalue weighted by Crippen LogP contribution is 2.43. The molecule has 0 rings (SSSR count). The maximum Gasteiger partial charge on any atom is 0.472 e. The van der Waals surface area contributed by atoms with Gasteiger partial charge in [-0.3, -0.25) is 13.8 Å². The quantitative estimate of drug-likeness (QED) is 0.0243. The van der Waals surface area contributed by atoms with Crippen molar-refractivity contribution in [1.82, 2.24) is 5.32 Å². The molecule has 400 valence electrons. The van der Waals surface area contributed by atoms with Crippen LogP contribution in [0.1, 0.15) is 303 Å². The standard InChI is InChI=1S/C58H117N2O6P/c1-6-8-10-12-14-15-16-17-18-19-20-21-22-23-24-25-26-27-28-29-30-31-32-33-34-35-36-37-38-39-40-41-42-43-44-45-46-48-50-52-58(62)59-56(57(61)51-49-47-13-11-9-7-2)55-66-67(63,64)65-54-53-60(3,4)5/h49,51,56-57,61H,6-48,50,52-55H2,1-5H3,(H-,59,62,63,64)/p+1/b51-49+. The summed E-state index contributed by atoms with van der Waals surface area (Å²) in [4.78, 5) is 23.0. The van der Waals surface area contributed by atoms with E-state index >= 15 is 0 Å². The zero-order chi connectivity index (χ0) is 49.2. The van der Waals surface area contributed by atoms with Crippen LogP contribution in [0.2, 0.25) is 0 Å². The summed E-state index contributed by atoms with van der Waals surface area (Å²) in [7, 11) is 1.58. The van der Waals surface area contributed by atoms with Gasteiger partial charge in [0.2, 0.25) is 5.91 Å². The van der Waals surface area contributed by atoms with Crippen LogP contribution in [0.5, 0.6) is 0 Å². The molecule has 9 heteroatoms. The molecule has 0 aliphatic rings. The van der Waals surface area contributed by atoms with Gasteiger partial charge in [0.1, 0.15) is 13.2 Å². The molecule has 67 heavy (non-hydrogen) atoms. The lowest BCUT2D eigenvalue weighted by Crippen LogP contribution is -2.45. The van der Waals surface area contributed by atoms with Crippen LogP contribution in [0.4, 0.5) is 0 Å². The first-order valence-corrected chi connectivity index (χ1v) is 31.1. The largest absolute Gasteiger partial charge is 0.472 e. The van der Waals surface area contributed by atoms with Crippen LogP contribution in [0.3, 0.4) is 0 Å². The van der Waals surface area contributed by atoms with Crippen molar-refractivity contribution in [3.05, 3.63) is 12.2 Å². The van der Waals surface area contributed by atoms with Crippen LogP contribution in [0.25, 0.3) is 0 Å². The number of aliphatic hydroxyl groups excluding tert-OH is 1. The van der Waals surface area contributed by atoms with Crippen molar-refractivity contribution in [2.24, 2.45) is 0 Å². The second-order valence-corrected chi connectivity index (χ2v) is 23.2. The molecule has 0 fully saturated rings. The lowest BCUT2D eigenvalue weighted by Gasteiger charge is -2.25. The Morgan fingerprint density at radius 1 is 0.493 bits per heavy atom. The molecule has 0 aliphatic heterocycles. The number of phosphoric acid groups is 1. The smallest absolute Gasteiger partial charge is 0.387 e. The van der Waals surface area contributed by atoms with Crippen molar-refractivity contribution in [1.29, 1.82) is 0 Å². The van der Waals surface area contributed by atoms with Gasteiger partial charge in [0.15, 0.2) is 0 Å². The van der Waals surface area contributed by atoms with Crippen molar-refractivity contribution < 1.29 is 32.9 Å². The van der Waals surface area contributed by atoms with Gasteiger partial charge in [-0.1, -0.05) is 289 Å². The van der Waals surface area contributed by atoms with E-state index in [9.17, 15) is 19.4 Å². The highest BCUT2D eigenvalue weighted by Gasteiger charge is 2.27. The van der Waals surface area contributed by atoms with E-state index in [-0.39, 0.29) is 19.1 Å². The van der Waals surface area contributed by atoms with Gasteiger partial charge in [0.25, 0.3) is 0 Å². The molecule has 0 aromatic heterocycles. The molecule has 0 bridgehead atoms. The van der Waals surface area contributed by atoms with Crippen molar-refractivity contribution in [2.75, 3.05) is 40.9 Å². The van der Waals surface area contributed by atoms with Crippen LogP contribution in [0.15, 0.2) is 12.2 Å². The molecule has 0 spiro atoms. The van der Waals surface area contributed by atoms with Crippen molar-refractivity contribution in [3.8, 4) is 0 Å². The number of hydrogen-bond donors (Lipinski definition) is 3. The van der Waals surface area contributed by atoms with E-state index in [0.29, 0.717) is 17.4 Å². The summed E-state index contributed by atoms with van der Waals surface area (Å²) in [6.45, 7) is 4.76. The second-order valence-electron chi connectivity index (χ2n) is 21.7. The van der Waals surface area contributed by atoms with Crippen LogP contribution in [-0.4, -0.2) is 73.4 Å². The molecule has 0 aromatic rings. The van der Waals surface area contributed by atoms with E-state index in [0.717, 1.165) is 44.9 Å². The van der Waals surface area contributed by atoms with E-state index in [1.54, 1.807) is 6.08 Å². The molecule has 3 N–H and O–H groups in total. The van der Waals surface area contributed by atoms with Crippen molar-refractivity contribution >= 4 is 13.7 Å². The summed E-state index contributed by atoms with van der Waals surface area (Å²) >= 11 is 0. The minimum atomic E-state index is -4.32. The summed E-state index contributed by atoms with van der Waals surface area (Å²) < 4.78 is 23.5. The molecule has 0 saturated heterocycles. The number of phosphoric ester groups is 1. The summed E-state index contributed by atoms with van der Waals surface area (Å²) in [6, 6.07) is -0.838. The summed E-state index contributed by atoms with van der Waals surface area (Å²) in [5, 5.41) is 13.7. The monoisotopic (exact) mass is 970 g/mol. The Morgan fingerprint density at radius 2 is 0.791 bits per heavy atom. The number of allylic oxidation sites excluding steroid dienone is 1. The number of nitrogens with zero attached hydrogens (tertiary/aromatic N) is 1. The van der Waals surface area contributed by atoms with E-state index in [2.05, 4.69) is 19.2 Å². The number of amides is 1. The molecule has 0 saturated carbocycles. The SMILES string of the molecule is CCCCCC/C=C/C(O)C(COP(=O)(O)OCC[N+](C)(C)C)NC(=O)CCCCCCCCCCCCCCCCCCCCCCCCCCCCCCCCCCCCCCCCC. The Balaban J connectivity index is 3.65. The lowest BCUT2D eigenvalue weighted by molar-refractivity contribution is -0.870. The molecular formula is C58H118N2O6P+. The second kappa shape index (κ2) is 50.2. The number of hydrogen-bond acceptors (Lipinski definition) is 5. The first-order valence-electron chi connectivity index (χ1n) is 29.6. The number of carbonyl (C=O) groups is 1. The Labute approximate surface area is 418 Å². The predicted octanol–water partition coefficient (Wildman–Crippen LogP) is 17.8. The fourth-order valence-electron chi connectivity index (χ4n) is 9.10. The van der Waals surface area contributed by atoms with Crippen LogP contribution < -0.4 is 5.32 Å². The third kappa shape index (κ3) is 52.9. The minimum absolute atomic E-state index is 0.0638. The van der Waals surface area contributed by atoms with Crippen molar-refractivity contribution in [3.63, 3.8) is 0 Å². The van der Waals surface area contributed by atoms with Crippen LogP contribution in [0, 0.1) is 0 Å². The topological polar surface area (TPSA) is 105 Å². The third-order valence-electron chi connectivity index (χ3n) is 13.8. The zero-order valence-electron chi connectivity index (χ0n) is 45.7. The molecule has 0 aliphatic carbocycles. The number of quaternary nitrogens is 1. The molecule has 8 nitrogen and oxygen atoms in total. The molecule has 0 aromatic carbocycles. The number of unbranched alkanes of at least 4 members (excludes halogenated alkanes) is 42. The maximum absolute atomic E-state index is 12.8. The third-order valence-corrected chi connectivity index (χ3v) is 14.7. The normalized spacial score (nSPS) is 14.0. The molecule has 0 radical (unpaired) electrons. The first kappa shape index (κ1) is 66.2. The fraction of sp³-hybridized carbons (Fsp3) is 0.948. The first-order chi connectivity index (χ1) is 32.5. The van der Waals surface area contributed by atoms with E-state index in [1.165, 1.54) is 238 Å².